The predicted octanol–water partition coefficient (Wildman–Crippen LogP) is 3.74. The molecule has 0 bridgehead atoms. The minimum atomic E-state index is 0.533. The summed E-state index contributed by atoms with van der Waals surface area (Å²) >= 11 is 1.52. The van der Waals surface area contributed by atoms with Crippen molar-refractivity contribution < 1.29 is 4.74 Å². The second-order valence-corrected chi connectivity index (χ2v) is 5.92. The molecular weight excluding hydrogens is 244 g/mol. The normalized spacial score (nSPS) is 10.9. The van der Waals surface area contributed by atoms with Crippen molar-refractivity contribution in [3.63, 3.8) is 0 Å². The number of rotatable bonds is 4. The van der Waals surface area contributed by atoms with E-state index < -0.39 is 0 Å². The van der Waals surface area contributed by atoms with E-state index in [0.717, 1.165) is 28.5 Å². The number of anilines is 1. The van der Waals surface area contributed by atoms with Gasteiger partial charge in [0.25, 0.3) is 0 Å². The van der Waals surface area contributed by atoms with Gasteiger partial charge in [-0.1, -0.05) is 13.8 Å². The molecule has 2 N–H and O–H groups in total. The number of aromatic nitrogens is 1. The molecule has 0 spiro atoms. The molecule has 2 aromatic rings. The van der Waals surface area contributed by atoms with Gasteiger partial charge in [-0.2, -0.15) is 0 Å². The maximum atomic E-state index is 5.71. The fourth-order valence-electron chi connectivity index (χ4n) is 1.66. The van der Waals surface area contributed by atoms with Gasteiger partial charge in [0, 0.05) is 10.4 Å². The molecule has 0 atom stereocenters. The smallest absolute Gasteiger partial charge is 0.180 e. The zero-order valence-electron chi connectivity index (χ0n) is 10.9. The van der Waals surface area contributed by atoms with Crippen LogP contribution in [0.3, 0.4) is 0 Å². The van der Waals surface area contributed by atoms with Gasteiger partial charge in [0.05, 0.1) is 12.3 Å². The topological polar surface area (TPSA) is 48.1 Å². The van der Waals surface area contributed by atoms with E-state index in [1.165, 1.54) is 11.3 Å². The van der Waals surface area contributed by atoms with Crippen LogP contribution in [-0.2, 0) is 0 Å². The summed E-state index contributed by atoms with van der Waals surface area (Å²) in [6.45, 7) is 7.04. The number of nitrogen functional groups attached to an aromatic ring is 1. The zero-order valence-corrected chi connectivity index (χ0v) is 11.8. The first-order chi connectivity index (χ1) is 8.56. The Labute approximate surface area is 112 Å². The molecule has 0 aliphatic heterocycles. The third-order valence-corrected chi connectivity index (χ3v) is 3.32. The van der Waals surface area contributed by atoms with E-state index in [1.807, 2.05) is 31.2 Å². The summed E-state index contributed by atoms with van der Waals surface area (Å²) < 4.78 is 5.65. The van der Waals surface area contributed by atoms with Crippen molar-refractivity contribution in [1.82, 2.24) is 4.98 Å². The number of nitrogens with zero attached hydrogens (tertiary/aromatic N) is 1. The van der Waals surface area contributed by atoms with Crippen LogP contribution in [0, 0.1) is 12.8 Å². The lowest BCUT2D eigenvalue weighted by molar-refractivity contribution is 0.271. The van der Waals surface area contributed by atoms with Gasteiger partial charge < -0.3 is 10.5 Å². The Morgan fingerprint density at radius 1 is 1.28 bits per heavy atom. The molecule has 0 fully saturated rings. The van der Waals surface area contributed by atoms with Crippen LogP contribution in [0.25, 0.3) is 11.3 Å². The first-order valence-corrected chi connectivity index (χ1v) is 6.84. The molecule has 3 nitrogen and oxygen atoms in total. The highest BCUT2D eigenvalue weighted by Gasteiger charge is 2.08. The van der Waals surface area contributed by atoms with Crippen LogP contribution in [0.15, 0.2) is 24.3 Å². The maximum absolute atomic E-state index is 5.71. The maximum Gasteiger partial charge on any atom is 0.180 e. The molecule has 4 heteroatoms. The molecule has 0 amide bonds. The Hall–Kier alpha value is -1.55. The van der Waals surface area contributed by atoms with Crippen LogP contribution in [0.4, 0.5) is 5.13 Å². The average molecular weight is 262 g/mol. The van der Waals surface area contributed by atoms with E-state index in [0.29, 0.717) is 11.0 Å². The minimum Gasteiger partial charge on any atom is -0.493 e. The molecule has 0 aliphatic rings. The highest BCUT2D eigenvalue weighted by molar-refractivity contribution is 7.15. The van der Waals surface area contributed by atoms with E-state index in [4.69, 9.17) is 10.5 Å². The third-order valence-electron chi connectivity index (χ3n) is 2.52. The summed E-state index contributed by atoms with van der Waals surface area (Å²) in [5.74, 6) is 1.43. The molecule has 18 heavy (non-hydrogen) atoms. The number of hydrogen-bond donors (Lipinski definition) is 1. The lowest BCUT2D eigenvalue weighted by Crippen LogP contribution is -2.04. The predicted molar refractivity (Wildman–Crippen MR) is 77.0 cm³/mol. The first-order valence-electron chi connectivity index (χ1n) is 6.02. The molecule has 0 saturated carbocycles. The van der Waals surface area contributed by atoms with Crippen molar-refractivity contribution in [3.05, 3.63) is 29.1 Å². The van der Waals surface area contributed by atoms with Crippen LogP contribution in [0.2, 0.25) is 0 Å². The Balaban J connectivity index is 2.15. The number of aryl methyl sites for hydroxylation is 1. The van der Waals surface area contributed by atoms with Gasteiger partial charge >= 0.3 is 0 Å². The highest BCUT2D eigenvalue weighted by Crippen LogP contribution is 2.29. The van der Waals surface area contributed by atoms with Crippen LogP contribution in [0.1, 0.15) is 18.7 Å². The Kier molecular flexibility index (Phi) is 3.87. The largest absolute Gasteiger partial charge is 0.493 e. The van der Waals surface area contributed by atoms with E-state index in [-0.39, 0.29) is 0 Å². The number of nitrogens with two attached hydrogens (primary N) is 1. The van der Waals surface area contributed by atoms with E-state index >= 15 is 0 Å². The van der Waals surface area contributed by atoms with Crippen molar-refractivity contribution in [2.45, 2.75) is 20.8 Å². The fourth-order valence-corrected chi connectivity index (χ4v) is 2.37. The summed E-state index contributed by atoms with van der Waals surface area (Å²) in [4.78, 5) is 5.48. The van der Waals surface area contributed by atoms with E-state index in [9.17, 15) is 0 Å². The SMILES string of the molecule is Cc1sc(N)nc1-c1ccc(OCC(C)C)cc1. The van der Waals surface area contributed by atoms with Crippen molar-refractivity contribution in [1.29, 1.82) is 0 Å². The van der Waals surface area contributed by atoms with Gasteiger partial charge in [-0.15, -0.1) is 11.3 Å². The van der Waals surface area contributed by atoms with Gasteiger partial charge in [0.2, 0.25) is 0 Å². The quantitative estimate of drug-likeness (QED) is 0.913. The Morgan fingerprint density at radius 3 is 2.44 bits per heavy atom. The fraction of sp³-hybridized carbons (Fsp3) is 0.357. The van der Waals surface area contributed by atoms with Crippen LogP contribution < -0.4 is 10.5 Å². The summed E-state index contributed by atoms with van der Waals surface area (Å²) in [6, 6.07) is 8.01. The average Bonchev–Trinajstić information content (AvgIpc) is 2.66. The van der Waals surface area contributed by atoms with Crippen LogP contribution >= 0.6 is 11.3 Å². The molecular formula is C14H18N2OS. The lowest BCUT2D eigenvalue weighted by atomic mass is 10.1. The van der Waals surface area contributed by atoms with Gasteiger partial charge in [0.15, 0.2) is 5.13 Å². The van der Waals surface area contributed by atoms with E-state index in [1.54, 1.807) is 0 Å². The summed E-state index contributed by atoms with van der Waals surface area (Å²) in [6.07, 6.45) is 0. The number of hydrogen-bond acceptors (Lipinski definition) is 4. The molecule has 2 rings (SSSR count). The van der Waals surface area contributed by atoms with Gasteiger partial charge in [0.1, 0.15) is 5.75 Å². The Bertz CT molecular complexity index is 517. The molecule has 0 unspecified atom stereocenters. The second kappa shape index (κ2) is 5.40. The van der Waals surface area contributed by atoms with Gasteiger partial charge in [-0.05, 0) is 37.1 Å². The minimum absolute atomic E-state index is 0.533. The van der Waals surface area contributed by atoms with Crippen LogP contribution in [0.5, 0.6) is 5.75 Å². The molecule has 0 saturated heterocycles. The number of ether oxygens (including phenoxy) is 1. The van der Waals surface area contributed by atoms with Crippen LogP contribution in [-0.4, -0.2) is 11.6 Å². The first kappa shape index (κ1) is 12.9. The summed E-state index contributed by atoms with van der Waals surface area (Å²) in [7, 11) is 0. The monoisotopic (exact) mass is 262 g/mol. The molecule has 1 aromatic heterocycles. The highest BCUT2D eigenvalue weighted by atomic mass is 32.1. The number of thiazole rings is 1. The van der Waals surface area contributed by atoms with Crippen molar-refractivity contribution >= 4 is 16.5 Å². The van der Waals surface area contributed by atoms with Crippen molar-refractivity contribution in [2.24, 2.45) is 5.92 Å². The van der Waals surface area contributed by atoms with Crippen molar-refractivity contribution in [3.8, 4) is 17.0 Å². The summed E-state index contributed by atoms with van der Waals surface area (Å²) in [5.41, 5.74) is 7.76. The van der Waals surface area contributed by atoms with E-state index in [2.05, 4.69) is 18.8 Å². The van der Waals surface area contributed by atoms with Gasteiger partial charge in [-0.3, -0.25) is 0 Å². The standard InChI is InChI=1S/C14H18N2OS/c1-9(2)8-17-12-6-4-11(5-7-12)13-10(3)18-14(15)16-13/h4-7,9H,8H2,1-3H3,(H2,15,16). The number of benzene rings is 1. The third kappa shape index (κ3) is 3.01. The molecule has 1 heterocycles. The van der Waals surface area contributed by atoms with Crippen molar-refractivity contribution in [2.75, 3.05) is 12.3 Å². The molecule has 96 valence electrons. The Morgan fingerprint density at radius 2 is 1.94 bits per heavy atom. The second-order valence-electron chi connectivity index (χ2n) is 4.69. The molecule has 0 aliphatic carbocycles. The lowest BCUT2D eigenvalue weighted by Gasteiger charge is -2.08. The zero-order chi connectivity index (χ0) is 13.1. The summed E-state index contributed by atoms with van der Waals surface area (Å²) in [5, 5.41) is 0.614. The molecule has 0 radical (unpaired) electrons. The van der Waals surface area contributed by atoms with Gasteiger partial charge in [-0.25, -0.2) is 4.98 Å². The molecule has 1 aromatic carbocycles.